The van der Waals surface area contributed by atoms with Crippen molar-refractivity contribution in [2.45, 2.75) is 12.8 Å². The van der Waals surface area contributed by atoms with Gasteiger partial charge in [0.15, 0.2) is 5.43 Å². The number of H-pyrrole nitrogens is 1. The van der Waals surface area contributed by atoms with Gasteiger partial charge in [0.25, 0.3) is 0 Å². The van der Waals surface area contributed by atoms with Gasteiger partial charge in [0.05, 0.1) is 6.26 Å². The number of hydrogen-bond donors (Lipinski definition) is 2. The Morgan fingerprint density at radius 3 is 2.82 bits per heavy atom. The lowest BCUT2D eigenvalue weighted by molar-refractivity contribution is 0.0695. The Kier molecular flexibility index (Phi) is 3.09. The highest BCUT2D eigenvalue weighted by molar-refractivity contribution is 5.87. The highest BCUT2D eigenvalue weighted by atomic mass is 16.4. The highest BCUT2D eigenvalue weighted by Crippen LogP contribution is 2.05. The molecular formula is C12H11NO4. The summed E-state index contributed by atoms with van der Waals surface area (Å²) in [5, 5.41) is 8.80. The largest absolute Gasteiger partial charge is 0.477 e. The third-order valence-corrected chi connectivity index (χ3v) is 2.47. The number of aromatic amines is 1. The van der Waals surface area contributed by atoms with Gasteiger partial charge in [-0.05, 0) is 18.6 Å². The molecule has 0 amide bonds. The maximum absolute atomic E-state index is 11.7. The van der Waals surface area contributed by atoms with Gasteiger partial charge in [-0.15, -0.1) is 0 Å². The molecule has 0 bridgehead atoms. The van der Waals surface area contributed by atoms with Crippen molar-refractivity contribution in [2.75, 3.05) is 0 Å². The monoisotopic (exact) mass is 233 g/mol. The minimum Gasteiger partial charge on any atom is -0.477 e. The van der Waals surface area contributed by atoms with Crippen LogP contribution >= 0.6 is 0 Å². The molecule has 0 spiro atoms. The van der Waals surface area contributed by atoms with E-state index in [1.807, 2.05) is 6.07 Å². The topological polar surface area (TPSA) is 83.3 Å². The molecule has 2 aromatic heterocycles. The third-order valence-electron chi connectivity index (χ3n) is 2.47. The van der Waals surface area contributed by atoms with E-state index in [4.69, 9.17) is 9.52 Å². The molecule has 0 aliphatic rings. The summed E-state index contributed by atoms with van der Waals surface area (Å²) in [6.07, 6.45) is 5.30. The number of aromatic carboxylic acids is 1. The zero-order valence-corrected chi connectivity index (χ0v) is 8.97. The average Bonchev–Trinajstić information content (AvgIpc) is 2.80. The van der Waals surface area contributed by atoms with Crippen molar-refractivity contribution in [1.29, 1.82) is 0 Å². The first-order chi connectivity index (χ1) is 8.18. The van der Waals surface area contributed by atoms with Gasteiger partial charge in [0.1, 0.15) is 11.3 Å². The van der Waals surface area contributed by atoms with E-state index in [-0.39, 0.29) is 5.56 Å². The van der Waals surface area contributed by atoms with Crippen molar-refractivity contribution in [3.8, 4) is 0 Å². The zero-order valence-electron chi connectivity index (χ0n) is 8.97. The Labute approximate surface area is 96.7 Å². The summed E-state index contributed by atoms with van der Waals surface area (Å²) < 4.78 is 5.14. The lowest BCUT2D eigenvalue weighted by atomic mass is 10.1. The Morgan fingerprint density at radius 1 is 1.35 bits per heavy atom. The average molecular weight is 233 g/mol. The van der Waals surface area contributed by atoms with Crippen LogP contribution in [0.15, 0.2) is 40.0 Å². The molecule has 88 valence electrons. The fraction of sp³-hybridized carbons (Fsp3) is 0.167. The summed E-state index contributed by atoms with van der Waals surface area (Å²) in [4.78, 5) is 25.2. The van der Waals surface area contributed by atoms with Gasteiger partial charge in [0.2, 0.25) is 0 Å². The van der Waals surface area contributed by atoms with E-state index >= 15 is 0 Å². The maximum Gasteiger partial charge on any atom is 0.341 e. The molecule has 17 heavy (non-hydrogen) atoms. The standard InChI is InChI=1S/C12H11NO4/c14-11-8(3-4-9-2-1-5-17-9)6-13-7-10(11)12(15)16/h1-2,5-7H,3-4H2,(H,13,14)(H,15,16). The van der Waals surface area contributed by atoms with E-state index in [9.17, 15) is 9.59 Å². The van der Waals surface area contributed by atoms with Crippen LogP contribution in [-0.2, 0) is 12.8 Å². The molecule has 2 rings (SSSR count). The van der Waals surface area contributed by atoms with Crippen LogP contribution in [0.3, 0.4) is 0 Å². The molecule has 2 N–H and O–H groups in total. The molecule has 0 aliphatic heterocycles. The van der Waals surface area contributed by atoms with Crippen LogP contribution in [0.4, 0.5) is 0 Å². The number of pyridine rings is 1. The third kappa shape index (κ3) is 2.44. The van der Waals surface area contributed by atoms with Crippen molar-refractivity contribution in [1.82, 2.24) is 4.98 Å². The number of carbonyl (C=O) groups is 1. The first-order valence-corrected chi connectivity index (χ1v) is 5.14. The number of furan rings is 1. The SMILES string of the molecule is O=C(O)c1c[nH]cc(CCc2ccco2)c1=O. The molecule has 0 radical (unpaired) electrons. The first kappa shape index (κ1) is 11.2. The maximum atomic E-state index is 11.7. The van der Waals surface area contributed by atoms with Gasteiger partial charge in [-0.1, -0.05) is 0 Å². The molecule has 5 nitrogen and oxygen atoms in total. The second-order valence-electron chi connectivity index (χ2n) is 3.61. The Hall–Kier alpha value is -2.30. The number of aryl methyl sites for hydroxylation is 2. The summed E-state index contributed by atoms with van der Waals surface area (Å²) in [6.45, 7) is 0. The molecule has 0 fully saturated rings. The predicted molar refractivity (Wildman–Crippen MR) is 60.1 cm³/mol. The van der Waals surface area contributed by atoms with Crippen molar-refractivity contribution in [2.24, 2.45) is 0 Å². The molecule has 0 unspecified atom stereocenters. The molecule has 0 aliphatic carbocycles. The second kappa shape index (κ2) is 4.69. The molecule has 0 saturated heterocycles. The fourth-order valence-corrected chi connectivity index (χ4v) is 1.59. The van der Waals surface area contributed by atoms with Crippen LogP contribution in [0, 0.1) is 0 Å². The summed E-state index contributed by atoms with van der Waals surface area (Å²) in [6, 6.07) is 3.59. The predicted octanol–water partition coefficient (Wildman–Crippen LogP) is 1.45. The van der Waals surface area contributed by atoms with Crippen LogP contribution in [0.2, 0.25) is 0 Å². The Morgan fingerprint density at radius 2 is 2.18 bits per heavy atom. The van der Waals surface area contributed by atoms with Gasteiger partial charge < -0.3 is 14.5 Å². The van der Waals surface area contributed by atoms with E-state index in [0.29, 0.717) is 18.4 Å². The molecule has 0 atom stereocenters. The lowest BCUT2D eigenvalue weighted by Gasteiger charge is -2.00. The van der Waals surface area contributed by atoms with E-state index in [2.05, 4.69) is 4.98 Å². The normalized spacial score (nSPS) is 10.4. The summed E-state index contributed by atoms with van der Waals surface area (Å²) >= 11 is 0. The van der Waals surface area contributed by atoms with Crippen molar-refractivity contribution in [3.05, 3.63) is 57.9 Å². The number of carboxylic acids is 1. The van der Waals surface area contributed by atoms with Crippen LogP contribution < -0.4 is 5.43 Å². The molecule has 0 saturated carbocycles. The van der Waals surface area contributed by atoms with Crippen LogP contribution in [-0.4, -0.2) is 16.1 Å². The molecule has 2 aromatic rings. The summed E-state index contributed by atoms with van der Waals surface area (Å²) in [5.41, 5.74) is -0.231. The highest BCUT2D eigenvalue weighted by Gasteiger charge is 2.11. The van der Waals surface area contributed by atoms with Gasteiger partial charge in [-0.25, -0.2) is 4.79 Å². The number of aromatic nitrogens is 1. The Balaban J connectivity index is 2.19. The first-order valence-electron chi connectivity index (χ1n) is 5.14. The summed E-state index contributed by atoms with van der Waals surface area (Å²) in [5.74, 6) is -0.448. The summed E-state index contributed by atoms with van der Waals surface area (Å²) in [7, 11) is 0. The van der Waals surface area contributed by atoms with Crippen LogP contribution in [0.5, 0.6) is 0 Å². The van der Waals surface area contributed by atoms with E-state index in [1.165, 1.54) is 12.4 Å². The lowest BCUT2D eigenvalue weighted by Crippen LogP contribution is -2.19. The number of nitrogens with one attached hydrogen (secondary N) is 1. The van der Waals surface area contributed by atoms with E-state index in [1.54, 1.807) is 12.3 Å². The quantitative estimate of drug-likeness (QED) is 0.837. The van der Waals surface area contributed by atoms with Crippen molar-refractivity contribution >= 4 is 5.97 Å². The van der Waals surface area contributed by atoms with Crippen molar-refractivity contribution < 1.29 is 14.3 Å². The van der Waals surface area contributed by atoms with E-state index in [0.717, 1.165) is 5.76 Å². The smallest absolute Gasteiger partial charge is 0.341 e. The molecule has 5 heteroatoms. The van der Waals surface area contributed by atoms with Crippen LogP contribution in [0.25, 0.3) is 0 Å². The van der Waals surface area contributed by atoms with Crippen molar-refractivity contribution in [3.63, 3.8) is 0 Å². The fourth-order valence-electron chi connectivity index (χ4n) is 1.59. The minimum atomic E-state index is -1.22. The van der Waals surface area contributed by atoms with Gasteiger partial charge in [0, 0.05) is 24.4 Å². The number of hydrogen-bond acceptors (Lipinski definition) is 3. The van der Waals surface area contributed by atoms with Gasteiger partial charge >= 0.3 is 5.97 Å². The molecule has 0 aromatic carbocycles. The molecular weight excluding hydrogens is 222 g/mol. The minimum absolute atomic E-state index is 0.234. The van der Waals surface area contributed by atoms with Crippen LogP contribution in [0.1, 0.15) is 21.7 Å². The van der Waals surface area contributed by atoms with Gasteiger partial charge in [-0.3, -0.25) is 4.79 Å². The Bertz CT molecular complexity index is 568. The molecule has 2 heterocycles. The zero-order chi connectivity index (χ0) is 12.3. The van der Waals surface area contributed by atoms with E-state index < -0.39 is 11.4 Å². The number of rotatable bonds is 4. The second-order valence-corrected chi connectivity index (χ2v) is 3.61. The van der Waals surface area contributed by atoms with Gasteiger partial charge in [-0.2, -0.15) is 0 Å². The number of carboxylic acid groups (broad SMARTS) is 1.